The van der Waals surface area contributed by atoms with Crippen molar-refractivity contribution in [1.82, 2.24) is 0 Å². The summed E-state index contributed by atoms with van der Waals surface area (Å²) >= 11 is 0. The van der Waals surface area contributed by atoms with Crippen LogP contribution in [0.15, 0.2) is 18.2 Å². The molecule has 1 aliphatic rings. The number of nitrogens with two attached hydrogens (primary N) is 1. The van der Waals surface area contributed by atoms with E-state index in [0.29, 0.717) is 13.0 Å². The zero-order chi connectivity index (χ0) is 13.7. The second-order valence-electron chi connectivity index (χ2n) is 4.86. The van der Waals surface area contributed by atoms with Crippen LogP contribution in [0.25, 0.3) is 0 Å². The molecular formula is C16H20N2O. The highest BCUT2D eigenvalue weighted by Gasteiger charge is 2.18. The third-order valence-corrected chi connectivity index (χ3v) is 3.42. The van der Waals surface area contributed by atoms with Gasteiger partial charge in [0.1, 0.15) is 0 Å². The largest absolute Gasteiger partial charge is 0.320 e. The lowest BCUT2D eigenvalue weighted by Gasteiger charge is -2.21. The van der Waals surface area contributed by atoms with Gasteiger partial charge in [0.05, 0.1) is 6.54 Å². The molecular weight excluding hydrogens is 236 g/mol. The molecule has 1 amide bonds. The lowest BCUT2D eigenvalue weighted by molar-refractivity contribution is -0.118. The van der Waals surface area contributed by atoms with E-state index in [1.807, 2.05) is 30.0 Å². The van der Waals surface area contributed by atoms with E-state index >= 15 is 0 Å². The SMILES string of the molecule is Cc1cc(N2CCCCCC2=O)ccc1C#CCN. The van der Waals surface area contributed by atoms with Gasteiger partial charge < -0.3 is 10.6 Å². The van der Waals surface area contributed by atoms with Gasteiger partial charge in [0, 0.05) is 24.2 Å². The van der Waals surface area contributed by atoms with Crippen molar-refractivity contribution in [2.24, 2.45) is 5.73 Å². The van der Waals surface area contributed by atoms with E-state index in [9.17, 15) is 4.79 Å². The van der Waals surface area contributed by atoms with Gasteiger partial charge in [-0.05, 0) is 43.5 Å². The fraction of sp³-hybridized carbons (Fsp3) is 0.438. The molecule has 0 aromatic heterocycles. The molecule has 19 heavy (non-hydrogen) atoms. The first kappa shape index (κ1) is 13.6. The summed E-state index contributed by atoms with van der Waals surface area (Å²) in [6.07, 6.45) is 3.89. The van der Waals surface area contributed by atoms with E-state index < -0.39 is 0 Å². The summed E-state index contributed by atoms with van der Waals surface area (Å²) in [5.41, 5.74) is 8.45. The van der Waals surface area contributed by atoms with Crippen LogP contribution >= 0.6 is 0 Å². The molecule has 100 valence electrons. The summed E-state index contributed by atoms with van der Waals surface area (Å²) < 4.78 is 0. The predicted octanol–water partition coefficient (Wildman–Crippen LogP) is 2.21. The molecule has 0 saturated carbocycles. The van der Waals surface area contributed by atoms with Gasteiger partial charge in [-0.15, -0.1) is 0 Å². The Hall–Kier alpha value is -1.79. The van der Waals surface area contributed by atoms with Crippen molar-refractivity contribution >= 4 is 11.6 Å². The number of anilines is 1. The second-order valence-corrected chi connectivity index (χ2v) is 4.86. The van der Waals surface area contributed by atoms with Crippen LogP contribution in [0.1, 0.15) is 36.8 Å². The number of aryl methyl sites for hydroxylation is 1. The van der Waals surface area contributed by atoms with Crippen LogP contribution in [0.5, 0.6) is 0 Å². The van der Waals surface area contributed by atoms with Crippen LogP contribution in [-0.4, -0.2) is 19.0 Å². The number of amides is 1. The summed E-state index contributed by atoms with van der Waals surface area (Å²) in [4.78, 5) is 14.0. The number of benzene rings is 1. The van der Waals surface area contributed by atoms with Gasteiger partial charge in [0.2, 0.25) is 5.91 Å². The molecule has 2 N–H and O–H groups in total. The molecule has 2 rings (SSSR count). The molecule has 0 bridgehead atoms. The Balaban J connectivity index is 2.25. The Labute approximate surface area is 114 Å². The number of carbonyl (C=O) groups excluding carboxylic acids is 1. The molecule has 0 spiro atoms. The van der Waals surface area contributed by atoms with Gasteiger partial charge in [0.25, 0.3) is 0 Å². The first-order valence-corrected chi connectivity index (χ1v) is 6.82. The number of carbonyl (C=O) groups is 1. The summed E-state index contributed by atoms with van der Waals surface area (Å²) in [6, 6.07) is 6.01. The maximum Gasteiger partial charge on any atom is 0.226 e. The van der Waals surface area contributed by atoms with Crippen molar-refractivity contribution in [2.45, 2.75) is 32.6 Å². The molecule has 0 atom stereocenters. The van der Waals surface area contributed by atoms with E-state index in [-0.39, 0.29) is 5.91 Å². The Kier molecular flexibility index (Phi) is 4.59. The second kappa shape index (κ2) is 6.40. The molecule has 0 aliphatic carbocycles. The van der Waals surface area contributed by atoms with Gasteiger partial charge in [-0.1, -0.05) is 18.3 Å². The van der Waals surface area contributed by atoms with Crippen LogP contribution in [0.3, 0.4) is 0 Å². The molecule has 1 heterocycles. The van der Waals surface area contributed by atoms with E-state index in [0.717, 1.165) is 42.6 Å². The monoisotopic (exact) mass is 256 g/mol. The van der Waals surface area contributed by atoms with Gasteiger partial charge >= 0.3 is 0 Å². The number of rotatable bonds is 1. The first-order chi connectivity index (χ1) is 9.22. The van der Waals surface area contributed by atoms with Crippen LogP contribution < -0.4 is 10.6 Å². The van der Waals surface area contributed by atoms with Gasteiger partial charge in [-0.2, -0.15) is 0 Å². The smallest absolute Gasteiger partial charge is 0.226 e. The Morgan fingerprint density at radius 3 is 2.89 bits per heavy atom. The number of nitrogens with zero attached hydrogens (tertiary/aromatic N) is 1. The third-order valence-electron chi connectivity index (χ3n) is 3.42. The average Bonchev–Trinajstić information content (AvgIpc) is 2.62. The highest BCUT2D eigenvalue weighted by atomic mass is 16.2. The zero-order valence-electron chi connectivity index (χ0n) is 11.4. The van der Waals surface area contributed by atoms with E-state index in [2.05, 4.69) is 11.8 Å². The molecule has 1 fully saturated rings. The Bertz CT molecular complexity index is 525. The highest BCUT2D eigenvalue weighted by Crippen LogP contribution is 2.23. The van der Waals surface area contributed by atoms with Crippen molar-refractivity contribution in [3.05, 3.63) is 29.3 Å². The van der Waals surface area contributed by atoms with E-state index in [1.165, 1.54) is 0 Å². The lowest BCUT2D eigenvalue weighted by atomic mass is 10.1. The number of hydrogen-bond acceptors (Lipinski definition) is 2. The fourth-order valence-electron chi connectivity index (χ4n) is 2.36. The first-order valence-electron chi connectivity index (χ1n) is 6.82. The molecule has 3 nitrogen and oxygen atoms in total. The van der Waals surface area contributed by atoms with Crippen LogP contribution in [0.4, 0.5) is 5.69 Å². The maximum atomic E-state index is 12.1. The minimum Gasteiger partial charge on any atom is -0.320 e. The van der Waals surface area contributed by atoms with Crippen molar-refractivity contribution < 1.29 is 4.79 Å². The average molecular weight is 256 g/mol. The molecule has 1 aromatic carbocycles. The topological polar surface area (TPSA) is 46.3 Å². The van der Waals surface area contributed by atoms with E-state index in [1.54, 1.807) is 0 Å². The standard InChI is InChI=1S/C16H20N2O/c1-13-12-15(9-8-14(13)6-5-10-17)18-11-4-2-3-7-16(18)19/h8-9,12H,2-4,7,10-11,17H2,1H3. The molecule has 1 aromatic rings. The summed E-state index contributed by atoms with van der Waals surface area (Å²) in [5, 5.41) is 0. The zero-order valence-corrected chi connectivity index (χ0v) is 11.4. The third kappa shape index (κ3) is 3.36. The normalized spacial score (nSPS) is 15.7. The number of hydrogen-bond donors (Lipinski definition) is 1. The van der Waals surface area contributed by atoms with Crippen molar-refractivity contribution in [2.75, 3.05) is 18.0 Å². The van der Waals surface area contributed by atoms with Gasteiger partial charge in [-0.25, -0.2) is 0 Å². The van der Waals surface area contributed by atoms with Crippen LogP contribution in [-0.2, 0) is 4.79 Å². The molecule has 0 radical (unpaired) electrons. The molecule has 3 heteroatoms. The van der Waals surface area contributed by atoms with Crippen LogP contribution in [0.2, 0.25) is 0 Å². The molecule has 1 aliphatic heterocycles. The van der Waals surface area contributed by atoms with Gasteiger partial charge in [0.15, 0.2) is 0 Å². The lowest BCUT2D eigenvalue weighted by Crippen LogP contribution is -2.30. The summed E-state index contributed by atoms with van der Waals surface area (Å²) in [5.74, 6) is 6.14. The minimum absolute atomic E-state index is 0.234. The van der Waals surface area contributed by atoms with Crippen molar-refractivity contribution in [3.8, 4) is 11.8 Å². The molecule has 0 unspecified atom stereocenters. The highest BCUT2D eigenvalue weighted by molar-refractivity contribution is 5.93. The Morgan fingerprint density at radius 1 is 1.32 bits per heavy atom. The Morgan fingerprint density at radius 2 is 2.16 bits per heavy atom. The van der Waals surface area contributed by atoms with E-state index in [4.69, 9.17) is 5.73 Å². The minimum atomic E-state index is 0.234. The van der Waals surface area contributed by atoms with Crippen molar-refractivity contribution in [1.29, 1.82) is 0 Å². The van der Waals surface area contributed by atoms with Gasteiger partial charge in [-0.3, -0.25) is 4.79 Å². The molecule has 1 saturated heterocycles. The summed E-state index contributed by atoms with van der Waals surface area (Å²) in [7, 11) is 0. The summed E-state index contributed by atoms with van der Waals surface area (Å²) in [6.45, 7) is 3.21. The van der Waals surface area contributed by atoms with Crippen molar-refractivity contribution in [3.63, 3.8) is 0 Å². The maximum absolute atomic E-state index is 12.1. The van der Waals surface area contributed by atoms with Crippen LogP contribution in [0, 0.1) is 18.8 Å². The predicted molar refractivity (Wildman–Crippen MR) is 77.9 cm³/mol. The quantitative estimate of drug-likeness (QED) is 0.783. The fourth-order valence-corrected chi connectivity index (χ4v) is 2.36.